The van der Waals surface area contributed by atoms with Crippen LogP contribution in [0.3, 0.4) is 0 Å². The van der Waals surface area contributed by atoms with E-state index in [-0.39, 0.29) is 36.3 Å². The average Bonchev–Trinajstić information content (AvgIpc) is 3.20. The number of anilines is 2. The quantitative estimate of drug-likeness (QED) is 0.134. The first-order valence-corrected chi connectivity index (χ1v) is 14.8. The summed E-state index contributed by atoms with van der Waals surface area (Å²) in [6.45, 7) is 2.26. The van der Waals surface area contributed by atoms with Crippen LogP contribution in [0.1, 0.15) is 27.0 Å². The summed E-state index contributed by atoms with van der Waals surface area (Å²) in [6.07, 6.45) is 2.30. The summed E-state index contributed by atoms with van der Waals surface area (Å²) < 4.78 is 45.3. The predicted molar refractivity (Wildman–Crippen MR) is 169 cm³/mol. The van der Waals surface area contributed by atoms with Crippen molar-refractivity contribution in [1.82, 2.24) is 15.3 Å². The molecule has 238 valence electrons. The van der Waals surface area contributed by atoms with Crippen LogP contribution >= 0.6 is 11.6 Å². The molecule has 10 nitrogen and oxygen atoms in total. The van der Waals surface area contributed by atoms with Crippen molar-refractivity contribution in [2.45, 2.75) is 6.54 Å². The van der Waals surface area contributed by atoms with Crippen LogP contribution < -0.4 is 10.6 Å². The Kier molecular flexibility index (Phi) is 11.5. The van der Waals surface area contributed by atoms with Crippen LogP contribution in [0.5, 0.6) is 0 Å². The number of hydrogen-bond acceptors (Lipinski definition) is 9. The van der Waals surface area contributed by atoms with Gasteiger partial charge in [-0.2, -0.15) is 0 Å². The second-order valence-electron chi connectivity index (χ2n) is 9.94. The highest BCUT2D eigenvalue weighted by molar-refractivity contribution is 6.31. The van der Waals surface area contributed by atoms with E-state index in [0.29, 0.717) is 84.5 Å². The van der Waals surface area contributed by atoms with Crippen molar-refractivity contribution in [3.05, 3.63) is 106 Å². The normalized spacial score (nSPS) is 12.0. The Morgan fingerprint density at radius 3 is 2.37 bits per heavy atom. The Morgan fingerprint density at radius 2 is 1.63 bits per heavy atom. The highest BCUT2D eigenvalue weighted by Crippen LogP contribution is 2.34. The maximum Gasteiger partial charge on any atom is 0.251 e. The van der Waals surface area contributed by atoms with Gasteiger partial charge in [0.25, 0.3) is 5.91 Å². The number of ether oxygens (including phenoxy) is 3. The highest BCUT2D eigenvalue weighted by Gasteiger charge is 2.25. The number of carbonyl (C=O) groups excluding carboxylic acids is 2. The molecule has 0 unspecified atom stereocenters. The van der Waals surface area contributed by atoms with E-state index in [4.69, 9.17) is 30.8 Å². The number of aldehydes is 1. The maximum absolute atomic E-state index is 14.8. The number of aromatic nitrogens is 2. The molecule has 0 aliphatic carbocycles. The number of amides is 1. The number of halogens is 3. The van der Waals surface area contributed by atoms with Crippen LogP contribution in [-0.4, -0.2) is 74.1 Å². The smallest absolute Gasteiger partial charge is 0.251 e. The molecule has 1 aliphatic rings. The Morgan fingerprint density at radius 1 is 0.913 bits per heavy atom. The molecule has 0 saturated carbocycles. The van der Waals surface area contributed by atoms with Crippen LogP contribution in [0.25, 0.3) is 11.3 Å². The molecule has 0 spiro atoms. The van der Waals surface area contributed by atoms with Crippen molar-refractivity contribution in [3.63, 3.8) is 0 Å². The largest absolute Gasteiger partial charge is 0.377 e. The third-order valence-electron chi connectivity index (χ3n) is 6.83. The molecule has 0 saturated heterocycles. The summed E-state index contributed by atoms with van der Waals surface area (Å²) in [5.41, 5.74) is 3.29. The van der Waals surface area contributed by atoms with Gasteiger partial charge in [0.1, 0.15) is 24.5 Å². The fourth-order valence-corrected chi connectivity index (χ4v) is 4.84. The molecule has 0 radical (unpaired) electrons. The second-order valence-corrected chi connectivity index (χ2v) is 10.4. The molecule has 1 aliphatic heterocycles. The Hall–Kier alpha value is -4.62. The van der Waals surface area contributed by atoms with Gasteiger partial charge in [0.05, 0.1) is 56.5 Å². The van der Waals surface area contributed by atoms with Crippen LogP contribution in [0.15, 0.2) is 71.9 Å². The zero-order chi connectivity index (χ0) is 32.3. The highest BCUT2D eigenvalue weighted by atomic mass is 35.5. The molecule has 0 bridgehead atoms. The third kappa shape index (κ3) is 8.34. The summed E-state index contributed by atoms with van der Waals surface area (Å²) in [7, 11) is 0. The Bertz CT molecular complexity index is 1700. The second kappa shape index (κ2) is 16.1. The summed E-state index contributed by atoms with van der Waals surface area (Å²) in [6, 6.07) is 15.5. The number of benzene rings is 3. The van der Waals surface area contributed by atoms with Gasteiger partial charge in [0.2, 0.25) is 5.95 Å². The molecule has 2 heterocycles. The van der Waals surface area contributed by atoms with Crippen molar-refractivity contribution >= 4 is 41.1 Å². The molecule has 1 aromatic heterocycles. The van der Waals surface area contributed by atoms with Gasteiger partial charge in [0, 0.05) is 45.7 Å². The summed E-state index contributed by atoms with van der Waals surface area (Å²) in [4.78, 5) is 36.4. The van der Waals surface area contributed by atoms with E-state index in [1.165, 1.54) is 18.2 Å². The number of nitrogens with one attached hydrogen (secondary N) is 2. The minimum atomic E-state index is -0.730. The Labute approximate surface area is 268 Å². The lowest BCUT2D eigenvalue weighted by Crippen LogP contribution is -2.27. The van der Waals surface area contributed by atoms with E-state index in [1.807, 2.05) is 0 Å². The first kappa shape index (κ1) is 32.8. The van der Waals surface area contributed by atoms with Gasteiger partial charge >= 0.3 is 0 Å². The molecule has 0 atom stereocenters. The number of carbonyl (C=O) groups is 2. The minimum Gasteiger partial charge on any atom is -0.377 e. The average molecular weight is 650 g/mol. The number of rotatable bonds is 15. The van der Waals surface area contributed by atoms with E-state index in [1.54, 1.807) is 48.7 Å². The predicted octanol–water partition coefficient (Wildman–Crippen LogP) is 5.15. The fourth-order valence-electron chi connectivity index (χ4n) is 4.67. The topological polar surface area (TPSA) is 124 Å². The standard InChI is InChI=1S/C33H30ClF2N5O5/c34-23-6-9-25-26(18-23)31(29-27(35)2-1-3-28(29)36)38-19-22-20-39-33(41-30(22)25)40-24-7-4-21(5-8-24)32(43)37-10-12-44-14-16-46-17-15-45-13-11-42/h1-9,11,18,20H,10,12-17,19H2,(H,37,43)(H,39,40,41). The van der Waals surface area contributed by atoms with Crippen molar-refractivity contribution in [2.75, 3.05) is 51.5 Å². The van der Waals surface area contributed by atoms with E-state index >= 15 is 0 Å². The zero-order valence-electron chi connectivity index (χ0n) is 24.6. The van der Waals surface area contributed by atoms with Crippen LogP contribution in [0, 0.1) is 11.6 Å². The molecular weight excluding hydrogens is 620 g/mol. The molecule has 5 rings (SSSR count). The zero-order valence-corrected chi connectivity index (χ0v) is 25.4. The lowest BCUT2D eigenvalue weighted by molar-refractivity contribution is -0.112. The first-order chi connectivity index (χ1) is 22.4. The Balaban J connectivity index is 1.19. The molecule has 46 heavy (non-hydrogen) atoms. The maximum atomic E-state index is 14.8. The van der Waals surface area contributed by atoms with E-state index in [0.717, 1.165) is 0 Å². The minimum absolute atomic E-state index is 0.0517. The van der Waals surface area contributed by atoms with Gasteiger partial charge in [-0.1, -0.05) is 23.7 Å². The van der Waals surface area contributed by atoms with Crippen molar-refractivity contribution in [2.24, 2.45) is 4.99 Å². The fraction of sp³-hybridized carbons (Fsp3) is 0.242. The van der Waals surface area contributed by atoms with Gasteiger partial charge < -0.3 is 29.6 Å². The van der Waals surface area contributed by atoms with Crippen LogP contribution in [-0.2, 0) is 25.5 Å². The van der Waals surface area contributed by atoms with Crippen LogP contribution in [0.4, 0.5) is 20.4 Å². The lowest BCUT2D eigenvalue weighted by Gasteiger charge is -2.13. The summed E-state index contributed by atoms with van der Waals surface area (Å²) in [5, 5.41) is 6.33. The molecule has 4 aromatic rings. The number of hydrogen-bond donors (Lipinski definition) is 2. The molecule has 0 fully saturated rings. The first-order valence-electron chi connectivity index (χ1n) is 14.4. The lowest BCUT2D eigenvalue weighted by atomic mass is 9.95. The molecule has 2 N–H and O–H groups in total. The van der Waals surface area contributed by atoms with Gasteiger partial charge in [-0.3, -0.25) is 9.79 Å². The van der Waals surface area contributed by atoms with E-state index < -0.39 is 11.6 Å². The summed E-state index contributed by atoms with van der Waals surface area (Å²) in [5.74, 6) is -1.43. The third-order valence-corrected chi connectivity index (χ3v) is 7.06. The summed E-state index contributed by atoms with van der Waals surface area (Å²) >= 11 is 6.30. The van der Waals surface area contributed by atoms with Crippen molar-refractivity contribution in [1.29, 1.82) is 0 Å². The van der Waals surface area contributed by atoms with E-state index in [2.05, 4.69) is 20.6 Å². The molecule has 1 amide bonds. The van der Waals surface area contributed by atoms with Gasteiger partial charge in [-0.25, -0.2) is 18.7 Å². The number of nitrogens with zero attached hydrogens (tertiary/aromatic N) is 3. The van der Waals surface area contributed by atoms with Crippen molar-refractivity contribution < 1.29 is 32.6 Å². The number of fused-ring (bicyclic) bond motifs is 3. The monoisotopic (exact) mass is 649 g/mol. The van der Waals surface area contributed by atoms with Crippen molar-refractivity contribution in [3.8, 4) is 11.3 Å². The molecular formula is C33H30ClF2N5O5. The van der Waals surface area contributed by atoms with Gasteiger partial charge in [-0.05, 0) is 48.5 Å². The molecule has 3 aromatic carbocycles. The number of aliphatic imine (C=N–C) groups is 1. The SMILES string of the molecule is O=CCOCCOCCOCCNC(=O)c1ccc(Nc2ncc3c(n2)-c2ccc(Cl)cc2C(c2c(F)cccc2F)=NC3)cc1. The van der Waals surface area contributed by atoms with Crippen LogP contribution in [0.2, 0.25) is 5.02 Å². The molecule has 13 heteroatoms. The van der Waals surface area contributed by atoms with E-state index in [9.17, 15) is 18.4 Å². The van der Waals surface area contributed by atoms with Gasteiger partial charge in [-0.15, -0.1) is 0 Å². The van der Waals surface area contributed by atoms with Gasteiger partial charge in [0.15, 0.2) is 0 Å².